The summed E-state index contributed by atoms with van der Waals surface area (Å²) in [7, 11) is 0. The number of aromatic nitrogens is 1. The molecule has 1 aliphatic heterocycles. The molecule has 3 nitrogen and oxygen atoms in total. The van der Waals surface area contributed by atoms with Gasteiger partial charge in [-0.3, -0.25) is 4.79 Å². The zero-order valence-electron chi connectivity index (χ0n) is 18.1. The molecule has 4 rings (SSSR count). The van der Waals surface area contributed by atoms with Gasteiger partial charge < -0.3 is 9.88 Å². The van der Waals surface area contributed by atoms with Crippen LogP contribution in [0.2, 0.25) is 0 Å². The number of aromatic amines is 1. The van der Waals surface area contributed by atoms with Gasteiger partial charge in [0.25, 0.3) is 0 Å². The van der Waals surface area contributed by atoms with Gasteiger partial charge >= 0.3 is 6.18 Å². The minimum atomic E-state index is -4.38. The van der Waals surface area contributed by atoms with E-state index >= 15 is 0 Å². The normalized spacial score (nSPS) is 15.8. The molecule has 3 aromatic rings. The van der Waals surface area contributed by atoms with E-state index in [1.165, 1.54) is 29.0 Å². The molecular formula is C26H27F3N2O. The lowest BCUT2D eigenvalue weighted by Gasteiger charge is -2.31. The smallest absolute Gasteiger partial charge is 0.358 e. The van der Waals surface area contributed by atoms with Crippen LogP contribution in [-0.2, 0) is 12.6 Å². The number of carbonyl (C=O) groups is 1. The molecule has 0 amide bonds. The Morgan fingerprint density at radius 2 is 1.69 bits per heavy atom. The van der Waals surface area contributed by atoms with E-state index in [1.54, 1.807) is 0 Å². The highest BCUT2D eigenvalue weighted by Crippen LogP contribution is 2.30. The predicted molar refractivity (Wildman–Crippen MR) is 120 cm³/mol. The molecule has 1 aromatic heterocycles. The van der Waals surface area contributed by atoms with Crippen LogP contribution in [0, 0.1) is 12.8 Å². The number of carbonyl (C=O) groups excluding carboxylic acids is 1. The van der Waals surface area contributed by atoms with Gasteiger partial charge in [-0.25, -0.2) is 0 Å². The number of piperidine rings is 1. The number of hydrogen-bond acceptors (Lipinski definition) is 2. The van der Waals surface area contributed by atoms with Crippen LogP contribution in [-0.4, -0.2) is 35.3 Å². The summed E-state index contributed by atoms with van der Waals surface area (Å²) < 4.78 is 38.2. The van der Waals surface area contributed by atoms with Gasteiger partial charge in [0.2, 0.25) is 0 Å². The van der Waals surface area contributed by atoms with Gasteiger partial charge in [0.1, 0.15) is 0 Å². The largest absolute Gasteiger partial charge is 0.416 e. The Labute approximate surface area is 186 Å². The summed E-state index contributed by atoms with van der Waals surface area (Å²) >= 11 is 0. The number of halogens is 3. The molecule has 0 bridgehead atoms. The fourth-order valence-electron chi connectivity index (χ4n) is 4.39. The Balaban J connectivity index is 1.29. The summed E-state index contributed by atoms with van der Waals surface area (Å²) in [5.41, 5.74) is 4.42. The van der Waals surface area contributed by atoms with Crippen molar-refractivity contribution in [1.29, 1.82) is 0 Å². The SMILES string of the molecule is Cc1[nH]c(-c2ccccc2)cc1CCN1CCC(C(=O)c2ccc(C(F)(F)F)cc2)CC1. The lowest BCUT2D eigenvalue weighted by atomic mass is 9.88. The van der Waals surface area contributed by atoms with E-state index in [9.17, 15) is 18.0 Å². The molecule has 2 heterocycles. The number of nitrogens with one attached hydrogen (secondary N) is 1. The maximum Gasteiger partial charge on any atom is 0.416 e. The number of benzene rings is 2. The van der Waals surface area contributed by atoms with Crippen molar-refractivity contribution in [2.75, 3.05) is 19.6 Å². The molecule has 6 heteroatoms. The van der Waals surface area contributed by atoms with E-state index in [0.29, 0.717) is 5.56 Å². The third-order valence-electron chi connectivity index (χ3n) is 6.36. The second-order valence-electron chi connectivity index (χ2n) is 8.50. The molecule has 2 aromatic carbocycles. The van der Waals surface area contributed by atoms with Crippen LogP contribution >= 0.6 is 0 Å². The van der Waals surface area contributed by atoms with Gasteiger partial charge in [0, 0.05) is 29.4 Å². The Bertz CT molecular complexity index is 1050. The molecule has 32 heavy (non-hydrogen) atoms. The first-order valence-electron chi connectivity index (χ1n) is 11.0. The lowest BCUT2D eigenvalue weighted by Crippen LogP contribution is -2.37. The minimum Gasteiger partial charge on any atom is -0.358 e. The van der Waals surface area contributed by atoms with E-state index in [-0.39, 0.29) is 11.7 Å². The third kappa shape index (κ3) is 5.13. The first-order valence-corrected chi connectivity index (χ1v) is 11.0. The van der Waals surface area contributed by atoms with E-state index in [0.717, 1.165) is 56.7 Å². The highest BCUT2D eigenvalue weighted by atomic mass is 19.4. The molecule has 1 aliphatic rings. The highest BCUT2D eigenvalue weighted by Gasteiger charge is 2.31. The first kappa shape index (κ1) is 22.3. The zero-order chi connectivity index (χ0) is 22.7. The van der Waals surface area contributed by atoms with Crippen molar-refractivity contribution in [3.8, 4) is 11.3 Å². The van der Waals surface area contributed by atoms with E-state index in [2.05, 4.69) is 35.0 Å². The van der Waals surface area contributed by atoms with Crippen LogP contribution in [0.3, 0.4) is 0 Å². The highest BCUT2D eigenvalue weighted by molar-refractivity contribution is 5.97. The summed E-state index contributed by atoms with van der Waals surface area (Å²) in [5.74, 6) is -0.172. The second-order valence-corrected chi connectivity index (χ2v) is 8.50. The second kappa shape index (κ2) is 9.33. The Hall–Kier alpha value is -2.86. The van der Waals surface area contributed by atoms with Gasteiger partial charge in [-0.1, -0.05) is 42.5 Å². The number of rotatable bonds is 6. The quantitative estimate of drug-likeness (QED) is 0.467. The molecule has 0 unspecified atom stereocenters. The predicted octanol–water partition coefficient (Wildman–Crippen LogP) is 6.15. The average Bonchev–Trinajstić information content (AvgIpc) is 3.18. The lowest BCUT2D eigenvalue weighted by molar-refractivity contribution is -0.137. The topological polar surface area (TPSA) is 36.1 Å². The number of nitrogens with zero attached hydrogens (tertiary/aromatic N) is 1. The van der Waals surface area contributed by atoms with Crippen molar-refractivity contribution in [1.82, 2.24) is 9.88 Å². The van der Waals surface area contributed by atoms with Gasteiger partial charge in [-0.05, 0) is 68.6 Å². The number of hydrogen-bond donors (Lipinski definition) is 1. The van der Waals surface area contributed by atoms with Crippen molar-refractivity contribution in [2.24, 2.45) is 5.92 Å². The first-order chi connectivity index (χ1) is 15.3. The number of H-pyrrole nitrogens is 1. The number of alkyl halides is 3. The minimum absolute atomic E-state index is 0.0487. The molecule has 1 fully saturated rings. The van der Waals surface area contributed by atoms with Crippen LogP contribution in [0.1, 0.15) is 40.0 Å². The Morgan fingerprint density at radius 3 is 2.31 bits per heavy atom. The fourth-order valence-corrected chi connectivity index (χ4v) is 4.39. The standard InChI is InChI=1S/C26H27F3N2O/c1-18-22(17-24(30-18)19-5-3-2-4-6-19)13-16-31-14-11-21(12-15-31)25(32)20-7-9-23(10-8-20)26(27,28)29/h2-10,17,21,30H,11-16H2,1H3. The van der Waals surface area contributed by atoms with Crippen molar-refractivity contribution >= 4 is 5.78 Å². The van der Waals surface area contributed by atoms with Crippen molar-refractivity contribution < 1.29 is 18.0 Å². The fraction of sp³-hybridized carbons (Fsp3) is 0.346. The molecule has 0 radical (unpaired) electrons. The van der Waals surface area contributed by atoms with Gasteiger partial charge in [-0.2, -0.15) is 13.2 Å². The number of aryl methyl sites for hydroxylation is 1. The van der Waals surface area contributed by atoms with Crippen molar-refractivity contribution in [3.05, 3.63) is 83.0 Å². The van der Waals surface area contributed by atoms with Gasteiger partial charge in [0.15, 0.2) is 5.78 Å². The van der Waals surface area contributed by atoms with Crippen molar-refractivity contribution in [2.45, 2.75) is 32.4 Å². The van der Waals surface area contributed by atoms with Crippen LogP contribution in [0.15, 0.2) is 60.7 Å². The Kier molecular flexibility index (Phi) is 6.51. The molecule has 1 N–H and O–H groups in total. The third-order valence-corrected chi connectivity index (χ3v) is 6.36. The summed E-state index contributed by atoms with van der Waals surface area (Å²) in [5, 5.41) is 0. The van der Waals surface area contributed by atoms with E-state index in [1.807, 2.05) is 18.2 Å². The molecule has 0 spiro atoms. The molecule has 168 valence electrons. The molecular weight excluding hydrogens is 413 g/mol. The molecule has 1 saturated heterocycles. The van der Waals surface area contributed by atoms with Gasteiger partial charge in [-0.15, -0.1) is 0 Å². The molecule has 0 atom stereocenters. The summed E-state index contributed by atoms with van der Waals surface area (Å²) in [6, 6.07) is 17.0. The van der Waals surface area contributed by atoms with Crippen LogP contribution in [0.5, 0.6) is 0 Å². The number of Topliss-reactive ketones (excluding diaryl/α,β-unsaturated/α-hetero) is 1. The molecule has 0 aliphatic carbocycles. The zero-order valence-corrected chi connectivity index (χ0v) is 18.1. The van der Waals surface area contributed by atoms with Crippen molar-refractivity contribution in [3.63, 3.8) is 0 Å². The maximum atomic E-state index is 12.7. The van der Waals surface area contributed by atoms with Crippen LogP contribution in [0.4, 0.5) is 13.2 Å². The number of ketones is 1. The summed E-state index contributed by atoms with van der Waals surface area (Å²) in [6.07, 6.45) is -1.97. The average molecular weight is 441 g/mol. The Morgan fingerprint density at radius 1 is 1.03 bits per heavy atom. The summed E-state index contributed by atoms with van der Waals surface area (Å²) in [4.78, 5) is 18.6. The number of likely N-dealkylation sites (tertiary alicyclic amines) is 1. The summed E-state index contributed by atoms with van der Waals surface area (Å²) in [6.45, 7) is 4.67. The van der Waals surface area contributed by atoms with E-state index in [4.69, 9.17) is 0 Å². The van der Waals surface area contributed by atoms with E-state index < -0.39 is 11.7 Å². The maximum absolute atomic E-state index is 12.7. The molecule has 0 saturated carbocycles. The van der Waals surface area contributed by atoms with Crippen LogP contribution in [0.25, 0.3) is 11.3 Å². The monoisotopic (exact) mass is 440 g/mol. The van der Waals surface area contributed by atoms with Gasteiger partial charge in [0.05, 0.1) is 5.56 Å². The van der Waals surface area contributed by atoms with Crippen LogP contribution < -0.4 is 0 Å².